The number of thioether (sulfide) groups is 2. The fraction of sp³-hybridized carbons (Fsp3) is 0.200. The molecule has 0 atom stereocenters. The van der Waals surface area contributed by atoms with E-state index in [1.807, 2.05) is 31.2 Å². The molecular formula is C15H15ClN2O4PS3+. The lowest BCUT2D eigenvalue weighted by atomic mass is 10.3. The lowest BCUT2D eigenvalue weighted by molar-refractivity contribution is -0.121. The largest absolute Gasteiger partial charge is 0.425 e. The number of hydrogen-bond acceptors (Lipinski definition) is 8. The molecule has 26 heavy (non-hydrogen) atoms. The minimum Gasteiger partial charge on any atom is -0.335 e. The molecule has 0 saturated carbocycles. The molecule has 1 fully saturated rings. The van der Waals surface area contributed by atoms with Gasteiger partial charge in [0, 0.05) is 16.5 Å². The zero-order chi connectivity index (χ0) is 19.1. The van der Waals surface area contributed by atoms with Crippen molar-refractivity contribution < 1.29 is 19.5 Å². The van der Waals surface area contributed by atoms with Crippen LogP contribution in [0.2, 0.25) is 5.02 Å². The SMILES string of the molecule is CCN1/C(=C/C=C2/SC(=S)N(C[P+](O)(O)O)C2=O)Sc2ccc(Cl)cc21. The molecule has 11 heteroatoms. The average molecular weight is 450 g/mol. The summed E-state index contributed by atoms with van der Waals surface area (Å²) in [7, 11) is -4.13. The van der Waals surface area contributed by atoms with Crippen LogP contribution in [-0.2, 0) is 4.79 Å². The van der Waals surface area contributed by atoms with E-state index in [9.17, 15) is 19.5 Å². The van der Waals surface area contributed by atoms with E-state index < -0.39 is 20.1 Å². The predicted octanol–water partition coefficient (Wildman–Crippen LogP) is 3.55. The third-order valence-electron chi connectivity index (χ3n) is 3.59. The maximum atomic E-state index is 12.4. The highest BCUT2D eigenvalue weighted by molar-refractivity contribution is 8.26. The first-order valence-electron chi connectivity index (χ1n) is 7.46. The third kappa shape index (κ3) is 4.26. The number of amides is 1. The van der Waals surface area contributed by atoms with Gasteiger partial charge in [0.15, 0.2) is 4.32 Å². The fourth-order valence-electron chi connectivity index (χ4n) is 2.50. The molecule has 0 bridgehead atoms. The summed E-state index contributed by atoms with van der Waals surface area (Å²) in [6, 6.07) is 5.70. The summed E-state index contributed by atoms with van der Waals surface area (Å²) in [4.78, 5) is 44.5. The van der Waals surface area contributed by atoms with Crippen molar-refractivity contribution in [3.63, 3.8) is 0 Å². The van der Waals surface area contributed by atoms with Crippen molar-refractivity contribution in [2.75, 3.05) is 17.7 Å². The Balaban J connectivity index is 1.83. The van der Waals surface area contributed by atoms with Gasteiger partial charge < -0.3 is 4.90 Å². The molecule has 2 aliphatic rings. The van der Waals surface area contributed by atoms with Crippen molar-refractivity contribution in [3.05, 3.63) is 45.3 Å². The summed E-state index contributed by atoms with van der Waals surface area (Å²) >= 11 is 13.8. The standard InChI is InChI=1S/C15H15ClN2O4PS3/c1-2-17-10-7-9(16)3-4-11(10)25-13(17)6-5-12-14(19)18(15(24)26-12)8-23(20,21)22/h3-7,20-22H,2,8H2,1H3/q+1/b12-5+,13-6-. The number of fused-ring (bicyclic) bond motifs is 1. The van der Waals surface area contributed by atoms with Crippen molar-refractivity contribution in [2.24, 2.45) is 0 Å². The second kappa shape index (κ2) is 7.77. The second-order valence-corrected chi connectivity index (χ2v) is 10.3. The quantitative estimate of drug-likeness (QED) is 0.365. The second-order valence-electron chi connectivity index (χ2n) is 5.43. The van der Waals surface area contributed by atoms with Gasteiger partial charge in [-0.2, -0.15) is 14.7 Å². The number of anilines is 1. The van der Waals surface area contributed by atoms with Crippen molar-refractivity contribution in [2.45, 2.75) is 11.8 Å². The van der Waals surface area contributed by atoms with Gasteiger partial charge in [0.1, 0.15) is 0 Å². The molecule has 0 aromatic heterocycles. The summed E-state index contributed by atoms with van der Waals surface area (Å²) in [6.07, 6.45) is 2.89. The lowest BCUT2D eigenvalue weighted by Crippen LogP contribution is -2.30. The molecule has 138 valence electrons. The van der Waals surface area contributed by atoms with Crippen LogP contribution in [0.25, 0.3) is 0 Å². The zero-order valence-corrected chi connectivity index (χ0v) is 17.6. The highest BCUT2D eigenvalue weighted by atomic mass is 35.5. The van der Waals surface area contributed by atoms with Crippen molar-refractivity contribution in [3.8, 4) is 0 Å². The van der Waals surface area contributed by atoms with Gasteiger partial charge in [-0.3, -0.25) is 9.69 Å². The van der Waals surface area contributed by atoms with E-state index in [4.69, 9.17) is 23.8 Å². The molecule has 0 spiro atoms. The number of hydrogen-bond donors (Lipinski definition) is 3. The predicted molar refractivity (Wildman–Crippen MR) is 112 cm³/mol. The third-order valence-corrected chi connectivity index (χ3v) is 7.01. The molecule has 0 radical (unpaired) electrons. The molecule has 2 aliphatic heterocycles. The first-order chi connectivity index (χ1) is 12.2. The Kier molecular flexibility index (Phi) is 6.01. The number of allylic oxidation sites excluding steroid dienone is 2. The van der Waals surface area contributed by atoms with Gasteiger partial charge in [-0.1, -0.05) is 47.3 Å². The maximum Gasteiger partial charge on any atom is 0.425 e. The first kappa shape index (κ1) is 20.1. The Morgan fingerprint density at radius 1 is 1.23 bits per heavy atom. The highest BCUT2D eigenvalue weighted by Gasteiger charge is 2.42. The summed E-state index contributed by atoms with van der Waals surface area (Å²) in [6.45, 7) is 2.77. The van der Waals surface area contributed by atoms with Gasteiger partial charge in [0.2, 0.25) is 6.29 Å². The molecule has 1 aromatic rings. The minimum absolute atomic E-state index is 0.183. The van der Waals surface area contributed by atoms with E-state index in [0.717, 1.165) is 38.8 Å². The smallest absolute Gasteiger partial charge is 0.335 e. The zero-order valence-electron chi connectivity index (χ0n) is 13.5. The molecule has 3 rings (SSSR count). The molecule has 1 aromatic carbocycles. The van der Waals surface area contributed by atoms with E-state index in [-0.39, 0.29) is 4.32 Å². The fourth-order valence-corrected chi connectivity index (χ4v) is 5.81. The van der Waals surface area contributed by atoms with Crippen LogP contribution in [0.1, 0.15) is 6.92 Å². The maximum absolute atomic E-state index is 12.4. The van der Waals surface area contributed by atoms with E-state index >= 15 is 0 Å². The van der Waals surface area contributed by atoms with E-state index in [0.29, 0.717) is 9.93 Å². The summed E-state index contributed by atoms with van der Waals surface area (Å²) < 4.78 is 0.183. The van der Waals surface area contributed by atoms with Crippen LogP contribution < -0.4 is 4.90 Å². The topological polar surface area (TPSA) is 84.2 Å². The van der Waals surface area contributed by atoms with E-state index in [2.05, 4.69) is 4.90 Å². The Labute approximate surface area is 170 Å². The number of thiocarbonyl (C=S) groups is 1. The number of halogens is 1. The molecule has 6 nitrogen and oxygen atoms in total. The normalized spacial score (nSPS) is 20.7. The first-order valence-corrected chi connectivity index (χ1v) is 11.7. The van der Waals surface area contributed by atoms with Crippen LogP contribution in [0, 0.1) is 0 Å². The van der Waals surface area contributed by atoms with Gasteiger partial charge in [-0.25, -0.2) is 0 Å². The molecule has 0 aliphatic carbocycles. The van der Waals surface area contributed by atoms with E-state index in [1.165, 1.54) is 0 Å². The van der Waals surface area contributed by atoms with Crippen LogP contribution in [0.4, 0.5) is 5.69 Å². The molecule has 1 saturated heterocycles. The number of carbonyl (C=O) groups is 1. The Morgan fingerprint density at radius 2 is 1.96 bits per heavy atom. The molecule has 2 heterocycles. The minimum atomic E-state index is -4.13. The van der Waals surface area contributed by atoms with Crippen molar-refractivity contribution in [1.82, 2.24) is 4.90 Å². The van der Waals surface area contributed by atoms with Gasteiger partial charge in [0.05, 0.1) is 15.6 Å². The van der Waals surface area contributed by atoms with Gasteiger partial charge in [-0.05, 0) is 37.3 Å². The van der Waals surface area contributed by atoms with Crippen LogP contribution >= 0.6 is 55.3 Å². The Morgan fingerprint density at radius 3 is 2.62 bits per heavy atom. The summed E-state index contributed by atoms with van der Waals surface area (Å²) in [5.74, 6) is -0.454. The molecular weight excluding hydrogens is 435 g/mol. The molecule has 3 N–H and O–H groups in total. The summed E-state index contributed by atoms with van der Waals surface area (Å²) in [5, 5.41) is 1.61. The van der Waals surface area contributed by atoms with Crippen LogP contribution in [0.3, 0.4) is 0 Å². The molecule has 0 unspecified atom stereocenters. The van der Waals surface area contributed by atoms with Crippen LogP contribution in [-0.4, -0.2) is 42.6 Å². The van der Waals surface area contributed by atoms with Crippen LogP contribution in [0.15, 0.2) is 45.2 Å². The number of nitrogens with zero attached hydrogens (tertiary/aromatic N) is 2. The molecule has 1 amide bonds. The number of benzene rings is 1. The Bertz CT molecular complexity index is 841. The highest BCUT2D eigenvalue weighted by Crippen LogP contribution is 2.49. The Hall–Kier alpha value is -0.640. The number of carbonyl (C=O) groups excluding carboxylic acids is 1. The summed E-state index contributed by atoms with van der Waals surface area (Å²) in [5.41, 5.74) is 1.02. The van der Waals surface area contributed by atoms with Gasteiger partial charge >= 0.3 is 7.94 Å². The van der Waals surface area contributed by atoms with Gasteiger partial charge in [-0.15, -0.1) is 0 Å². The van der Waals surface area contributed by atoms with Crippen molar-refractivity contribution in [1.29, 1.82) is 0 Å². The lowest BCUT2D eigenvalue weighted by Gasteiger charge is -2.17. The van der Waals surface area contributed by atoms with Crippen molar-refractivity contribution >= 4 is 71.2 Å². The monoisotopic (exact) mass is 449 g/mol. The van der Waals surface area contributed by atoms with E-state index in [1.54, 1.807) is 17.8 Å². The number of rotatable bonds is 4. The average Bonchev–Trinajstić information content (AvgIpc) is 3.03. The van der Waals surface area contributed by atoms with Crippen LogP contribution in [0.5, 0.6) is 0 Å². The van der Waals surface area contributed by atoms with Gasteiger partial charge in [0.25, 0.3) is 5.91 Å².